The first kappa shape index (κ1) is 13.8. The molecular formula is C16H15ClN6. The second-order valence-corrected chi connectivity index (χ2v) is 5.71. The minimum absolute atomic E-state index is 0.542. The van der Waals surface area contributed by atoms with Gasteiger partial charge in [-0.15, -0.1) is 5.10 Å². The third-order valence-corrected chi connectivity index (χ3v) is 4.25. The van der Waals surface area contributed by atoms with Crippen molar-refractivity contribution in [2.24, 2.45) is 0 Å². The van der Waals surface area contributed by atoms with Gasteiger partial charge in [0, 0.05) is 5.02 Å². The fourth-order valence-electron chi connectivity index (χ4n) is 2.59. The summed E-state index contributed by atoms with van der Waals surface area (Å²) >= 11 is 6.19. The number of fused-ring (bicyclic) bond motifs is 1. The number of halogens is 1. The first-order valence-corrected chi connectivity index (χ1v) is 7.55. The van der Waals surface area contributed by atoms with Gasteiger partial charge in [0.05, 0.1) is 11.4 Å². The zero-order chi connectivity index (χ0) is 16.0. The van der Waals surface area contributed by atoms with Gasteiger partial charge >= 0.3 is 0 Å². The molecule has 0 saturated carbocycles. The van der Waals surface area contributed by atoms with Crippen molar-refractivity contribution in [3.05, 3.63) is 59.1 Å². The van der Waals surface area contributed by atoms with Crippen molar-refractivity contribution in [3.8, 4) is 5.69 Å². The summed E-state index contributed by atoms with van der Waals surface area (Å²) in [6, 6.07) is 15.5. The molecule has 6 nitrogen and oxygen atoms in total. The number of anilines is 4. The van der Waals surface area contributed by atoms with E-state index in [0.717, 1.165) is 22.6 Å². The van der Waals surface area contributed by atoms with Gasteiger partial charge < -0.3 is 5.73 Å². The van der Waals surface area contributed by atoms with Crippen LogP contribution >= 0.6 is 11.6 Å². The number of nitrogens with zero attached hydrogens (tertiary/aromatic N) is 3. The minimum Gasteiger partial charge on any atom is -0.382 e. The van der Waals surface area contributed by atoms with Crippen LogP contribution in [0.25, 0.3) is 5.69 Å². The van der Waals surface area contributed by atoms with Crippen LogP contribution < -0.4 is 21.7 Å². The Hall–Kier alpha value is -2.86. The third-order valence-electron chi connectivity index (χ3n) is 3.84. The van der Waals surface area contributed by atoms with Gasteiger partial charge in [-0.3, -0.25) is 10.9 Å². The summed E-state index contributed by atoms with van der Waals surface area (Å²) in [7, 11) is 0. The summed E-state index contributed by atoms with van der Waals surface area (Å²) in [5.74, 6) is 1.21. The second-order valence-electron chi connectivity index (χ2n) is 5.30. The molecule has 0 fully saturated rings. The highest BCUT2D eigenvalue weighted by Crippen LogP contribution is 2.38. The van der Waals surface area contributed by atoms with E-state index in [9.17, 15) is 0 Å². The van der Waals surface area contributed by atoms with Crippen LogP contribution in [0.4, 0.5) is 23.0 Å². The van der Waals surface area contributed by atoms with Crippen LogP contribution in [0, 0.1) is 6.92 Å². The lowest BCUT2D eigenvalue weighted by Gasteiger charge is -2.22. The molecule has 1 aromatic heterocycles. The minimum atomic E-state index is 0.542. The Morgan fingerprint density at radius 1 is 1.04 bits per heavy atom. The highest BCUT2D eigenvalue weighted by Gasteiger charge is 2.27. The average molecular weight is 327 g/mol. The van der Waals surface area contributed by atoms with Gasteiger partial charge in [-0.1, -0.05) is 35.9 Å². The molecule has 0 saturated heterocycles. The summed E-state index contributed by atoms with van der Waals surface area (Å²) in [5, 5.41) is 7.01. The smallest absolute Gasteiger partial charge is 0.196 e. The van der Waals surface area contributed by atoms with Crippen molar-refractivity contribution in [1.29, 1.82) is 0 Å². The van der Waals surface area contributed by atoms with Crippen LogP contribution in [0.15, 0.2) is 48.5 Å². The summed E-state index contributed by atoms with van der Waals surface area (Å²) in [6.45, 7) is 1.96. The fourth-order valence-corrected chi connectivity index (χ4v) is 2.76. The number of hydrogen-bond donors (Lipinski definition) is 3. The molecule has 0 aliphatic carbocycles. The number of nitrogens with two attached hydrogens (primary N) is 1. The molecule has 116 valence electrons. The summed E-state index contributed by atoms with van der Waals surface area (Å²) in [5.41, 5.74) is 16.2. The first-order valence-electron chi connectivity index (χ1n) is 7.17. The van der Waals surface area contributed by atoms with E-state index in [0.29, 0.717) is 16.7 Å². The molecule has 0 unspecified atom stereocenters. The molecule has 0 radical (unpaired) electrons. The predicted octanol–water partition coefficient (Wildman–Crippen LogP) is 3.59. The summed E-state index contributed by atoms with van der Waals surface area (Å²) in [4.78, 5) is 0. The van der Waals surface area contributed by atoms with E-state index >= 15 is 0 Å². The van der Waals surface area contributed by atoms with Crippen LogP contribution in [-0.2, 0) is 0 Å². The maximum atomic E-state index is 6.24. The molecule has 4 N–H and O–H groups in total. The Labute approximate surface area is 138 Å². The van der Waals surface area contributed by atoms with E-state index < -0.39 is 0 Å². The highest BCUT2D eigenvalue weighted by atomic mass is 35.5. The molecule has 2 aromatic carbocycles. The van der Waals surface area contributed by atoms with E-state index in [1.54, 1.807) is 9.80 Å². The Balaban J connectivity index is 1.68. The van der Waals surface area contributed by atoms with Gasteiger partial charge in [0.2, 0.25) is 0 Å². The Bertz CT molecular complexity index is 874. The SMILES string of the molecule is Cc1c(Cl)cccc1N1Nc2nn(-c3ccccc3)c(N)c2N1. The number of nitrogens with one attached hydrogen (secondary N) is 2. The normalized spacial score (nSPS) is 12.7. The van der Waals surface area contributed by atoms with Gasteiger partial charge in [-0.25, -0.2) is 4.68 Å². The number of hydrogen-bond acceptors (Lipinski definition) is 5. The zero-order valence-corrected chi connectivity index (χ0v) is 13.2. The lowest BCUT2D eigenvalue weighted by molar-refractivity contribution is 0.883. The van der Waals surface area contributed by atoms with Crippen molar-refractivity contribution < 1.29 is 0 Å². The predicted molar refractivity (Wildman–Crippen MR) is 93.9 cm³/mol. The lowest BCUT2D eigenvalue weighted by Crippen LogP contribution is -2.31. The molecule has 0 spiro atoms. The standard InChI is InChI=1S/C16H15ClN6/c1-10-12(17)8-5-9-13(10)23-19-14-15(18)22(20-16(14)21-23)11-6-3-2-4-7-11/h2-9,19H,18H2,1H3,(H,20,21). The van der Waals surface area contributed by atoms with Crippen molar-refractivity contribution in [3.63, 3.8) is 0 Å². The van der Waals surface area contributed by atoms with E-state index in [4.69, 9.17) is 17.3 Å². The Morgan fingerprint density at radius 2 is 1.83 bits per heavy atom. The number of nitrogen functional groups attached to an aromatic ring is 1. The topological polar surface area (TPSA) is 71.1 Å². The van der Waals surface area contributed by atoms with Gasteiger partial charge in [-0.05, 0) is 36.8 Å². The Kier molecular flexibility index (Phi) is 3.06. The van der Waals surface area contributed by atoms with Crippen molar-refractivity contribution in [1.82, 2.24) is 9.78 Å². The zero-order valence-electron chi connectivity index (χ0n) is 12.4. The monoisotopic (exact) mass is 326 g/mol. The average Bonchev–Trinajstić information content (AvgIpc) is 3.11. The number of para-hydroxylation sites is 1. The van der Waals surface area contributed by atoms with E-state index in [1.807, 2.05) is 55.5 Å². The molecule has 0 bridgehead atoms. The van der Waals surface area contributed by atoms with Crippen LogP contribution in [0.3, 0.4) is 0 Å². The molecule has 1 aliphatic rings. The van der Waals surface area contributed by atoms with Gasteiger partial charge in [0.25, 0.3) is 0 Å². The second kappa shape index (κ2) is 5.10. The number of rotatable bonds is 2. The van der Waals surface area contributed by atoms with Crippen LogP contribution in [0.1, 0.15) is 5.56 Å². The molecular weight excluding hydrogens is 312 g/mol. The molecule has 4 rings (SSSR count). The maximum Gasteiger partial charge on any atom is 0.196 e. The highest BCUT2D eigenvalue weighted by molar-refractivity contribution is 6.31. The molecule has 0 amide bonds. The van der Waals surface area contributed by atoms with Crippen molar-refractivity contribution in [2.75, 3.05) is 21.7 Å². The molecule has 23 heavy (non-hydrogen) atoms. The number of benzene rings is 2. The molecule has 2 heterocycles. The van der Waals surface area contributed by atoms with Gasteiger partial charge in [-0.2, -0.15) is 5.12 Å². The number of aromatic nitrogens is 2. The molecule has 3 aromatic rings. The molecule has 1 aliphatic heterocycles. The van der Waals surface area contributed by atoms with Gasteiger partial charge in [0.15, 0.2) is 11.6 Å². The maximum absolute atomic E-state index is 6.24. The lowest BCUT2D eigenvalue weighted by atomic mass is 10.2. The third kappa shape index (κ3) is 2.15. The fraction of sp³-hybridized carbons (Fsp3) is 0.0625. The van der Waals surface area contributed by atoms with Gasteiger partial charge in [0.1, 0.15) is 5.69 Å². The van der Waals surface area contributed by atoms with E-state index in [-0.39, 0.29) is 0 Å². The van der Waals surface area contributed by atoms with Crippen molar-refractivity contribution in [2.45, 2.75) is 6.92 Å². The quantitative estimate of drug-likeness (QED) is 0.671. The Morgan fingerprint density at radius 3 is 2.57 bits per heavy atom. The summed E-state index contributed by atoms with van der Waals surface area (Å²) in [6.07, 6.45) is 0. The summed E-state index contributed by atoms with van der Waals surface area (Å²) < 4.78 is 1.70. The number of hydrazine groups is 2. The first-order chi connectivity index (χ1) is 11.1. The van der Waals surface area contributed by atoms with Crippen molar-refractivity contribution >= 4 is 34.6 Å². The van der Waals surface area contributed by atoms with Crippen LogP contribution in [0.5, 0.6) is 0 Å². The molecule has 0 atom stereocenters. The van der Waals surface area contributed by atoms with E-state index in [2.05, 4.69) is 16.0 Å². The largest absolute Gasteiger partial charge is 0.382 e. The molecule has 7 heteroatoms. The van der Waals surface area contributed by atoms with E-state index in [1.165, 1.54) is 0 Å². The van der Waals surface area contributed by atoms with Crippen LogP contribution in [-0.4, -0.2) is 9.78 Å². The van der Waals surface area contributed by atoms with Crippen LogP contribution in [0.2, 0.25) is 5.02 Å².